The number of benzene rings is 2. The number of ether oxygens (including phenoxy) is 3. The molecule has 2 aromatic rings. The minimum absolute atomic E-state index is 0.165. The summed E-state index contributed by atoms with van der Waals surface area (Å²) in [5.74, 6) is 1.13. The van der Waals surface area contributed by atoms with Gasteiger partial charge in [-0.2, -0.15) is 4.31 Å². The molecule has 0 N–H and O–H groups in total. The van der Waals surface area contributed by atoms with E-state index in [9.17, 15) is 13.2 Å². The normalized spacial score (nSPS) is 23.5. The summed E-state index contributed by atoms with van der Waals surface area (Å²) in [5.41, 5.74) is 0.410. The molecule has 2 aliphatic rings. The van der Waals surface area contributed by atoms with Gasteiger partial charge in [0.2, 0.25) is 10.0 Å². The molecule has 4 rings (SSSR count). The summed E-state index contributed by atoms with van der Waals surface area (Å²) in [4.78, 5) is 14.6. The van der Waals surface area contributed by atoms with Gasteiger partial charge in [-0.15, -0.1) is 0 Å². The molecule has 9 heteroatoms. The number of carbonyl (C=O) groups excluding carboxylic acids is 1. The Morgan fingerprint density at radius 3 is 2.31 bits per heavy atom. The number of sulfonamides is 1. The lowest BCUT2D eigenvalue weighted by Crippen LogP contribution is -2.48. The van der Waals surface area contributed by atoms with Gasteiger partial charge >= 0.3 is 0 Å². The molecule has 1 fully saturated rings. The summed E-state index contributed by atoms with van der Waals surface area (Å²) in [5, 5.41) is 0. The van der Waals surface area contributed by atoms with E-state index in [1.165, 1.54) is 16.4 Å². The monoisotopic (exact) mass is 460 g/mol. The molecule has 172 valence electrons. The maximum Gasteiger partial charge on any atom is 0.253 e. The maximum absolute atomic E-state index is 13.0. The van der Waals surface area contributed by atoms with Gasteiger partial charge in [-0.25, -0.2) is 8.42 Å². The van der Waals surface area contributed by atoms with Crippen LogP contribution in [0.4, 0.5) is 0 Å². The number of hydrogen-bond donors (Lipinski definition) is 0. The predicted molar refractivity (Wildman–Crippen MR) is 119 cm³/mol. The van der Waals surface area contributed by atoms with Gasteiger partial charge in [0.25, 0.3) is 5.91 Å². The largest absolute Gasteiger partial charge is 0.486 e. The van der Waals surface area contributed by atoms with E-state index in [-0.39, 0.29) is 29.1 Å². The van der Waals surface area contributed by atoms with Crippen molar-refractivity contribution in [3.05, 3.63) is 54.1 Å². The summed E-state index contributed by atoms with van der Waals surface area (Å²) in [7, 11) is -1.96. The van der Waals surface area contributed by atoms with E-state index in [1.54, 1.807) is 24.1 Å². The van der Waals surface area contributed by atoms with Crippen LogP contribution < -0.4 is 9.47 Å². The van der Waals surface area contributed by atoms with Crippen molar-refractivity contribution in [2.45, 2.75) is 37.1 Å². The van der Waals surface area contributed by atoms with Crippen molar-refractivity contribution in [2.24, 2.45) is 0 Å². The number of hydrogen-bond acceptors (Lipinski definition) is 6. The number of likely N-dealkylation sites (N-methyl/N-ethyl adjacent to an activating group) is 1. The summed E-state index contributed by atoms with van der Waals surface area (Å²) >= 11 is 0. The lowest BCUT2D eigenvalue weighted by molar-refractivity contribution is -0.0440. The van der Waals surface area contributed by atoms with Crippen LogP contribution in [0, 0.1) is 0 Å². The zero-order valence-corrected chi connectivity index (χ0v) is 19.2. The number of nitrogens with zero attached hydrogens (tertiary/aromatic N) is 2. The van der Waals surface area contributed by atoms with Gasteiger partial charge in [0, 0.05) is 25.7 Å². The third-order valence-electron chi connectivity index (χ3n) is 5.52. The van der Waals surface area contributed by atoms with Gasteiger partial charge in [0.05, 0.1) is 23.6 Å². The molecule has 0 spiro atoms. The maximum atomic E-state index is 13.0. The third-order valence-corrected chi connectivity index (χ3v) is 7.36. The molecule has 0 aromatic heterocycles. The number of rotatable bonds is 5. The Bertz CT molecular complexity index is 1060. The highest BCUT2D eigenvalue weighted by atomic mass is 32.2. The van der Waals surface area contributed by atoms with Crippen molar-refractivity contribution in [3.63, 3.8) is 0 Å². The molecule has 2 heterocycles. The highest BCUT2D eigenvalue weighted by Crippen LogP contribution is 2.31. The molecule has 1 saturated heterocycles. The van der Waals surface area contributed by atoms with Crippen LogP contribution in [0.25, 0.3) is 0 Å². The molecule has 0 saturated carbocycles. The van der Waals surface area contributed by atoms with Gasteiger partial charge in [-0.3, -0.25) is 4.79 Å². The van der Waals surface area contributed by atoms with Crippen LogP contribution in [0.2, 0.25) is 0 Å². The van der Waals surface area contributed by atoms with Crippen molar-refractivity contribution in [3.8, 4) is 11.5 Å². The summed E-state index contributed by atoms with van der Waals surface area (Å²) < 4.78 is 44.7. The summed E-state index contributed by atoms with van der Waals surface area (Å²) in [6.45, 7) is 5.02. The first-order chi connectivity index (χ1) is 15.2. The molecule has 0 unspecified atom stereocenters. The standard InChI is InChI=1S/C23H28N2O6S/c1-16-12-25(13-17(2)30-16)32(27,28)20-10-8-18(9-11-20)23(26)24(3)14-19-15-29-21-6-4-5-7-22(21)31-19/h4-11,16-17,19H,12-15H2,1-3H3/t16-,17-,19+/m1/s1. The number of fused-ring (bicyclic) bond motifs is 1. The molecule has 2 aromatic carbocycles. The van der Waals surface area contributed by atoms with Crippen LogP contribution in [-0.2, 0) is 14.8 Å². The zero-order valence-electron chi connectivity index (χ0n) is 18.4. The third kappa shape index (κ3) is 4.74. The average molecular weight is 461 g/mol. The molecule has 0 bridgehead atoms. The van der Waals surface area contributed by atoms with Gasteiger partial charge in [-0.05, 0) is 50.2 Å². The first-order valence-electron chi connectivity index (χ1n) is 10.6. The molecule has 2 aliphatic heterocycles. The summed E-state index contributed by atoms with van der Waals surface area (Å²) in [6.07, 6.45) is -0.620. The van der Waals surface area contributed by atoms with E-state index < -0.39 is 10.0 Å². The quantitative estimate of drug-likeness (QED) is 0.681. The number of morpholine rings is 1. The second kappa shape index (κ2) is 9.09. The van der Waals surface area contributed by atoms with Gasteiger partial charge in [0.15, 0.2) is 17.6 Å². The Labute approximate surface area is 188 Å². The van der Waals surface area contributed by atoms with Crippen LogP contribution in [0.15, 0.2) is 53.4 Å². The lowest BCUT2D eigenvalue weighted by atomic mass is 10.2. The minimum atomic E-state index is -3.65. The smallest absolute Gasteiger partial charge is 0.253 e. The number of carbonyl (C=O) groups is 1. The zero-order chi connectivity index (χ0) is 22.9. The van der Waals surface area contributed by atoms with Crippen molar-refractivity contribution in [1.82, 2.24) is 9.21 Å². The number of para-hydroxylation sites is 2. The first kappa shape index (κ1) is 22.6. The van der Waals surface area contributed by atoms with E-state index in [4.69, 9.17) is 14.2 Å². The minimum Gasteiger partial charge on any atom is -0.486 e. The van der Waals surface area contributed by atoms with E-state index in [1.807, 2.05) is 38.1 Å². The van der Waals surface area contributed by atoms with Crippen molar-refractivity contribution < 1.29 is 27.4 Å². The molecular weight excluding hydrogens is 432 g/mol. The fraction of sp³-hybridized carbons (Fsp3) is 0.435. The van der Waals surface area contributed by atoms with Gasteiger partial charge < -0.3 is 19.1 Å². The van der Waals surface area contributed by atoms with Crippen molar-refractivity contribution >= 4 is 15.9 Å². The van der Waals surface area contributed by atoms with E-state index in [0.717, 1.165) is 0 Å². The Morgan fingerprint density at radius 1 is 1.03 bits per heavy atom. The number of amides is 1. The Hall–Kier alpha value is -2.62. The molecule has 0 aliphatic carbocycles. The van der Waals surface area contributed by atoms with Gasteiger partial charge in [0.1, 0.15) is 6.61 Å². The van der Waals surface area contributed by atoms with Gasteiger partial charge in [-0.1, -0.05) is 12.1 Å². The van der Waals surface area contributed by atoms with E-state index in [2.05, 4.69) is 0 Å². The fourth-order valence-electron chi connectivity index (χ4n) is 4.01. The van der Waals surface area contributed by atoms with E-state index >= 15 is 0 Å². The van der Waals surface area contributed by atoms with E-state index in [0.29, 0.717) is 43.3 Å². The second-order valence-electron chi connectivity index (χ2n) is 8.29. The Kier molecular flexibility index (Phi) is 6.41. The van der Waals surface area contributed by atoms with Crippen LogP contribution in [0.5, 0.6) is 11.5 Å². The second-order valence-corrected chi connectivity index (χ2v) is 10.2. The molecule has 0 radical (unpaired) electrons. The topological polar surface area (TPSA) is 85.4 Å². The van der Waals surface area contributed by atoms with Crippen LogP contribution in [0.3, 0.4) is 0 Å². The first-order valence-corrected chi connectivity index (χ1v) is 12.1. The van der Waals surface area contributed by atoms with Crippen LogP contribution in [0.1, 0.15) is 24.2 Å². The lowest BCUT2D eigenvalue weighted by Gasteiger charge is -2.34. The highest BCUT2D eigenvalue weighted by Gasteiger charge is 2.32. The molecule has 8 nitrogen and oxygen atoms in total. The van der Waals surface area contributed by atoms with Crippen molar-refractivity contribution in [1.29, 1.82) is 0 Å². The SMILES string of the molecule is C[C@@H]1CN(S(=O)(=O)c2ccc(C(=O)N(C)C[C@H]3COc4ccccc4O3)cc2)C[C@@H](C)O1. The Morgan fingerprint density at radius 2 is 1.66 bits per heavy atom. The molecule has 3 atom stereocenters. The van der Waals surface area contributed by atoms with Crippen LogP contribution in [-0.4, -0.2) is 75.1 Å². The fourth-order valence-corrected chi connectivity index (χ4v) is 5.60. The predicted octanol–water partition coefficient (Wildman–Crippen LogP) is 2.40. The molecular formula is C23H28N2O6S. The average Bonchev–Trinajstić information content (AvgIpc) is 2.78. The summed E-state index contributed by atoms with van der Waals surface area (Å²) in [6, 6.07) is 13.5. The molecule has 1 amide bonds. The Balaban J connectivity index is 1.40. The van der Waals surface area contributed by atoms with Crippen LogP contribution >= 0.6 is 0 Å². The highest BCUT2D eigenvalue weighted by molar-refractivity contribution is 7.89. The van der Waals surface area contributed by atoms with Crippen molar-refractivity contribution in [2.75, 3.05) is 33.3 Å². The molecule has 32 heavy (non-hydrogen) atoms.